The van der Waals surface area contributed by atoms with Gasteiger partial charge in [0.05, 0.1) is 0 Å². The SMILES string of the molecule is CCC1CNC2(CCCC2)CN1C(CC)c1cccs1. The van der Waals surface area contributed by atoms with Gasteiger partial charge in [0.15, 0.2) is 0 Å². The van der Waals surface area contributed by atoms with Gasteiger partial charge in [0.1, 0.15) is 0 Å². The van der Waals surface area contributed by atoms with Crippen molar-refractivity contribution in [2.45, 2.75) is 70.0 Å². The molecule has 1 N–H and O–H groups in total. The number of piperazine rings is 1. The van der Waals surface area contributed by atoms with Gasteiger partial charge in [-0.15, -0.1) is 11.3 Å². The van der Waals surface area contributed by atoms with E-state index in [1.165, 1.54) is 51.6 Å². The van der Waals surface area contributed by atoms with Gasteiger partial charge >= 0.3 is 0 Å². The highest BCUT2D eigenvalue weighted by Crippen LogP contribution is 2.38. The fraction of sp³-hybridized carbons (Fsp3) is 0.765. The van der Waals surface area contributed by atoms with E-state index in [9.17, 15) is 0 Å². The summed E-state index contributed by atoms with van der Waals surface area (Å²) in [6, 6.07) is 5.86. The van der Waals surface area contributed by atoms with E-state index < -0.39 is 0 Å². The first kappa shape index (κ1) is 14.6. The van der Waals surface area contributed by atoms with Crippen LogP contribution in [0.5, 0.6) is 0 Å². The second-order valence-corrected chi connectivity index (χ2v) is 7.52. The Kier molecular flexibility index (Phi) is 4.49. The molecule has 1 spiro atoms. The molecule has 1 saturated heterocycles. The molecule has 1 aromatic heterocycles. The molecule has 2 unspecified atom stereocenters. The lowest BCUT2D eigenvalue weighted by atomic mass is 9.90. The van der Waals surface area contributed by atoms with Crippen molar-refractivity contribution in [2.75, 3.05) is 13.1 Å². The van der Waals surface area contributed by atoms with Crippen LogP contribution in [0.25, 0.3) is 0 Å². The van der Waals surface area contributed by atoms with Crippen molar-refractivity contribution < 1.29 is 0 Å². The maximum absolute atomic E-state index is 3.91. The molecule has 0 aromatic carbocycles. The van der Waals surface area contributed by atoms with Crippen molar-refractivity contribution in [3.63, 3.8) is 0 Å². The maximum Gasteiger partial charge on any atom is 0.0443 e. The fourth-order valence-electron chi connectivity index (χ4n) is 4.20. The van der Waals surface area contributed by atoms with E-state index in [0.717, 1.165) is 0 Å². The lowest BCUT2D eigenvalue weighted by Crippen LogP contribution is -2.63. The Hall–Kier alpha value is -0.380. The van der Waals surface area contributed by atoms with Gasteiger partial charge < -0.3 is 5.32 Å². The molecule has 3 heteroatoms. The first-order valence-corrected chi connectivity index (χ1v) is 9.20. The zero-order valence-electron chi connectivity index (χ0n) is 12.9. The number of nitrogens with zero attached hydrogens (tertiary/aromatic N) is 1. The van der Waals surface area contributed by atoms with Crippen LogP contribution in [0.3, 0.4) is 0 Å². The minimum absolute atomic E-state index is 0.427. The zero-order valence-corrected chi connectivity index (χ0v) is 13.7. The van der Waals surface area contributed by atoms with Gasteiger partial charge in [-0.1, -0.05) is 32.8 Å². The van der Waals surface area contributed by atoms with E-state index in [1.54, 1.807) is 4.88 Å². The molecule has 2 atom stereocenters. The second kappa shape index (κ2) is 6.17. The third kappa shape index (κ3) is 2.68. The van der Waals surface area contributed by atoms with Crippen molar-refractivity contribution in [1.82, 2.24) is 10.2 Å². The molecule has 0 amide bonds. The topological polar surface area (TPSA) is 15.3 Å². The van der Waals surface area contributed by atoms with E-state index in [1.807, 2.05) is 11.3 Å². The Morgan fingerprint density at radius 1 is 1.40 bits per heavy atom. The summed E-state index contributed by atoms with van der Waals surface area (Å²) in [7, 11) is 0. The standard InChI is InChI=1S/C17H28N2S/c1-3-14-12-18-17(9-5-6-10-17)13-19(14)15(4-2)16-8-7-11-20-16/h7-8,11,14-15,18H,3-6,9-10,12-13H2,1-2H3. The Bertz CT molecular complexity index is 409. The minimum Gasteiger partial charge on any atom is -0.308 e. The van der Waals surface area contributed by atoms with Crippen molar-refractivity contribution >= 4 is 11.3 Å². The Morgan fingerprint density at radius 2 is 2.20 bits per heavy atom. The fourth-order valence-corrected chi connectivity index (χ4v) is 5.13. The van der Waals surface area contributed by atoms with Gasteiger partial charge in [0.25, 0.3) is 0 Å². The van der Waals surface area contributed by atoms with Crippen LogP contribution in [0.1, 0.15) is 63.3 Å². The largest absolute Gasteiger partial charge is 0.308 e. The lowest BCUT2D eigenvalue weighted by Gasteiger charge is -2.49. The number of rotatable bonds is 4. The Labute approximate surface area is 127 Å². The van der Waals surface area contributed by atoms with Gasteiger partial charge in [0.2, 0.25) is 0 Å². The number of nitrogens with one attached hydrogen (secondary N) is 1. The molecule has 1 aliphatic heterocycles. The zero-order chi connectivity index (χ0) is 14.0. The summed E-state index contributed by atoms with van der Waals surface area (Å²) in [6.07, 6.45) is 8.06. The van der Waals surface area contributed by atoms with Crippen molar-refractivity contribution in [3.8, 4) is 0 Å². The van der Waals surface area contributed by atoms with Crippen molar-refractivity contribution in [3.05, 3.63) is 22.4 Å². The molecule has 3 rings (SSSR count). The van der Waals surface area contributed by atoms with Crippen LogP contribution in [0.15, 0.2) is 17.5 Å². The van der Waals surface area contributed by atoms with Crippen LogP contribution >= 0.6 is 11.3 Å². The average molecular weight is 292 g/mol. The van der Waals surface area contributed by atoms with Gasteiger partial charge in [0, 0.05) is 35.6 Å². The van der Waals surface area contributed by atoms with Crippen LogP contribution in [0.4, 0.5) is 0 Å². The summed E-state index contributed by atoms with van der Waals surface area (Å²) in [5.41, 5.74) is 0.427. The van der Waals surface area contributed by atoms with Crippen LogP contribution < -0.4 is 5.32 Å². The van der Waals surface area contributed by atoms with Gasteiger partial charge in [-0.25, -0.2) is 0 Å². The quantitative estimate of drug-likeness (QED) is 0.895. The van der Waals surface area contributed by atoms with Crippen molar-refractivity contribution in [2.24, 2.45) is 0 Å². The maximum atomic E-state index is 3.91. The molecule has 1 aromatic rings. The molecular formula is C17H28N2S. The van der Waals surface area contributed by atoms with E-state index in [2.05, 4.69) is 41.6 Å². The summed E-state index contributed by atoms with van der Waals surface area (Å²) in [5.74, 6) is 0. The highest BCUT2D eigenvalue weighted by Gasteiger charge is 2.42. The number of thiophene rings is 1. The molecular weight excluding hydrogens is 264 g/mol. The van der Waals surface area contributed by atoms with Crippen molar-refractivity contribution in [1.29, 1.82) is 0 Å². The predicted octanol–water partition coefficient (Wildman–Crippen LogP) is 4.20. The summed E-state index contributed by atoms with van der Waals surface area (Å²) in [6.45, 7) is 7.12. The molecule has 2 fully saturated rings. The monoisotopic (exact) mass is 292 g/mol. The summed E-state index contributed by atoms with van der Waals surface area (Å²) in [4.78, 5) is 4.38. The molecule has 0 radical (unpaired) electrons. The van der Waals surface area contributed by atoms with E-state index in [4.69, 9.17) is 0 Å². The highest BCUT2D eigenvalue weighted by atomic mass is 32.1. The molecule has 0 bridgehead atoms. The summed E-state index contributed by atoms with van der Waals surface area (Å²) in [5, 5.41) is 6.14. The summed E-state index contributed by atoms with van der Waals surface area (Å²) < 4.78 is 0. The first-order chi connectivity index (χ1) is 9.78. The third-order valence-corrected chi connectivity index (χ3v) is 6.33. The second-order valence-electron chi connectivity index (χ2n) is 6.54. The summed E-state index contributed by atoms with van der Waals surface area (Å²) >= 11 is 1.93. The predicted molar refractivity (Wildman–Crippen MR) is 87.3 cm³/mol. The normalized spacial score (nSPS) is 28.0. The molecule has 1 aliphatic carbocycles. The molecule has 112 valence electrons. The minimum atomic E-state index is 0.427. The van der Waals surface area contributed by atoms with Crippen LogP contribution in [0, 0.1) is 0 Å². The van der Waals surface area contributed by atoms with Crippen LogP contribution in [-0.2, 0) is 0 Å². The molecule has 2 nitrogen and oxygen atoms in total. The Morgan fingerprint density at radius 3 is 2.80 bits per heavy atom. The molecule has 20 heavy (non-hydrogen) atoms. The van der Waals surface area contributed by atoms with Gasteiger partial charge in [-0.2, -0.15) is 0 Å². The van der Waals surface area contributed by atoms with E-state index in [-0.39, 0.29) is 0 Å². The lowest BCUT2D eigenvalue weighted by molar-refractivity contribution is 0.0395. The van der Waals surface area contributed by atoms with Gasteiger partial charge in [-0.3, -0.25) is 4.90 Å². The van der Waals surface area contributed by atoms with Crippen LogP contribution in [-0.4, -0.2) is 29.6 Å². The first-order valence-electron chi connectivity index (χ1n) is 8.32. The molecule has 1 saturated carbocycles. The molecule has 2 aliphatic rings. The van der Waals surface area contributed by atoms with E-state index in [0.29, 0.717) is 17.6 Å². The van der Waals surface area contributed by atoms with Gasteiger partial charge in [-0.05, 0) is 37.1 Å². The average Bonchev–Trinajstić information content (AvgIpc) is 3.13. The number of hydrogen-bond acceptors (Lipinski definition) is 3. The third-order valence-electron chi connectivity index (χ3n) is 5.36. The Balaban J connectivity index is 1.82. The molecule has 2 heterocycles. The number of hydrogen-bond donors (Lipinski definition) is 1. The smallest absolute Gasteiger partial charge is 0.0443 e. The highest BCUT2D eigenvalue weighted by molar-refractivity contribution is 7.10. The van der Waals surface area contributed by atoms with E-state index >= 15 is 0 Å². The van der Waals surface area contributed by atoms with Crippen LogP contribution in [0.2, 0.25) is 0 Å².